The minimum Gasteiger partial charge on any atom is -0.394 e. The zero-order valence-corrected chi connectivity index (χ0v) is 13.1. The predicted molar refractivity (Wildman–Crippen MR) is 95.5 cm³/mol. The van der Waals surface area contributed by atoms with Crippen LogP contribution in [0.4, 0.5) is 0 Å². The molecule has 4 aromatic carbocycles. The van der Waals surface area contributed by atoms with Crippen molar-refractivity contribution in [2.24, 2.45) is 0 Å². The molecule has 0 radical (unpaired) electrons. The lowest BCUT2D eigenvalue weighted by Crippen LogP contribution is -2.24. The molecule has 0 aliphatic carbocycles. The maximum absolute atomic E-state index is 10.1. The number of hydrogen-bond acceptors (Lipinski definition) is 3. The van der Waals surface area contributed by atoms with Gasteiger partial charge in [-0.1, -0.05) is 54.6 Å². The Morgan fingerprint density at radius 3 is 2.25 bits per heavy atom. The summed E-state index contributed by atoms with van der Waals surface area (Å²) < 4.78 is 5.90. The third-order valence-corrected chi connectivity index (χ3v) is 5.31. The van der Waals surface area contributed by atoms with Gasteiger partial charge >= 0.3 is 0 Å². The van der Waals surface area contributed by atoms with E-state index in [9.17, 15) is 10.2 Å². The van der Waals surface area contributed by atoms with Crippen LogP contribution in [0.15, 0.2) is 54.6 Å². The molecule has 5 rings (SSSR count). The molecule has 3 atom stereocenters. The number of rotatable bonds is 2. The zero-order chi connectivity index (χ0) is 16.3. The van der Waals surface area contributed by atoms with Gasteiger partial charge in [-0.15, -0.1) is 0 Å². The van der Waals surface area contributed by atoms with Gasteiger partial charge in [0, 0.05) is 6.42 Å². The highest BCUT2D eigenvalue weighted by molar-refractivity contribution is 6.23. The highest BCUT2D eigenvalue weighted by atomic mass is 16.5. The van der Waals surface area contributed by atoms with Crippen LogP contribution in [0.1, 0.15) is 18.1 Å². The van der Waals surface area contributed by atoms with Gasteiger partial charge in [0.05, 0.1) is 18.8 Å². The standard InChI is InChI=1S/C21H18O3/c22-11-19-17(23)10-18(24-19)15-8-6-14-5-4-12-2-1-3-13-7-9-16(15)21(14)20(12)13/h1-9,17-19,22-23H,10-11H2/t17-,18?,19?/m1/s1. The SMILES string of the molecule is OCC1OC(c2ccc3ccc4cccc5ccc2c3c45)C[C@H]1O. The fraction of sp³-hybridized carbons (Fsp3) is 0.238. The van der Waals surface area contributed by atoms with Crippen LogP contribution in [0.25, 0.3) is 32.3 Å². The van der Waals surface area contributed by atoms with Crippen LogP contribution in [0.5, 0.6) is 0 Å². The lowest BCUT2D eigenvalue weighted by atomic mass is 9.90. The molecule has 0 saturated carbocycles. The first kappa shape index (κ1) is 14.2. The van der Waals surface area contributed by atoms with E-state index in [0.717, 1.165) is 5.56 Å². The molecule has 1 aliphatic rings. The normalized spacial score (nSPS) is 24.5. The Bertz CT molecular complexity index is 1020. The summed E-state index contributed by atoms with van der Waals surface area (Å²) in [5, 5.41) is 26.8. The fourth-order valence-electron chi connectivity index (χ4n) is 4.13. The summed E-state index contributed by atoms with van der Waals surface area (Å²) in [6.45, 7) is -0.149. The van der Waals surface area contributed by atoms with Gasteiger partial charge in [-0.3, -0.25) is 0 Å². The van der Waals surface area contributed by atoms with E-state index in [-0.39, 0.29) is 12.7 Å². The van der Waals surface area contributed by atoms with E-state index >= 15 is 0 Å². The smallest absolute Gasteiger partial charge is 0.107 e. The summed E-state index contributed by atoms with van der Waals surface area (Å²) in [7, 11) is 0. The van der Waals surface area contributed by atoms with Crippen molar-refractivity contribution in [3.05, 3.63) is 60.2 Å². The molecule has 1 fully saturated rings. The third-order valence-electron chi connectivity index (χ3n) is 5.31. The Balaban J connectivity index is 1.79. The molecule has 2 unspecified atom stereocenters. The molecule has 0 aromatic heterocycles. The van der Waals surface area contributed by atoms with Crippen LogP contribution in [-0.2, 0) is 4.74 Å². The van der Waals surface area contributed by atoms with Crippen LogP contribution < -0.4 is 0 Å². The molecular formula is C21H18O3. The Hall–Kier alpha value is -2.20. The molecule has 1 heterocycles. The minimum absolute atomic E-state index is 0.149. The quantitative estimate of drug-likeness (QED) is 0.553. The first-order chi connectivity index (χ1) is 11.8. The highest BCUT2D eigenvalue weighted by Gasteiger charge is 2.35. The number of hydrogen-bond donors (Lipinski definition) is 2. The topological polar surface area (TPSA) is 49.7 Å². The van der Waals surface area contributed by atoms with Crippen LogP contribution in [0, 0.1) is 0 Å². The zero-order valence-electron chi connectivity index (χ0n) is 13.1. The Morgan fingerprint density at radius 2 is 1.54 bits per heavy atom. The van der Waals surface area contributed by atoms with Gasteiger partial charge in [-0.2, -0.15) is 0 Å². The lowest BCUT2D eigenvalue weighted by molar-refractivity contribution is -0.0222. The number of ether oxygens (including phenoxy) is 1. The van der Waals surface area contributed by atoms with Crippen molar-refractivity contribution in [2.75, 3.05) is 6.61 Å². The Labute approximate surface area is 139 Å². The van der Waals surface area contributed by atoms with E-state index in [1.807, 2.05) is 0 Å². The van der Waals surface area contributed by atoms with Crippen molar-refractivity contribution >= 4 is 32.3 Å². The number of aliphatic hydroxyl groups excluding tert-OH is 2. The molecule has 3 heteroatoms. The molecule has 3 nitrogen and oxygen atoms in total. The summed E-state index contributed by atoms with van der Waals surface area (Å²) in [5.74, 6) is 0. The minimum atomic E-state index is -0.612. The van der Waals surface area contributed by atoms with E-state index < -0.39 is 12.2 Å². The van der Waals surface area contributed by atoms with Crippen molar-refractivity contribution < 1.29 is 14.9 Å². The monoisotopic (exact) mass is 318 g/mol. The maximum Gasteiger partial charge on any atom is 0.107 e. The van der Waals surface area contributed by atoms with Crippen molar-refractivity contribution in [3.63, 3.8) is 0 Å². The summed E-state index contributed by atoms with van der Waals surface area (Å²) in [5.41, 5.74) is 1.09. The van der Waals surface area contributed by atoms with Crippen molar-refractivity contribution in [2.45, 2.75) is 24.7 Å². The molecular weight excluding hydrogens is 300 g/mol. The Kier molecular flexibility index (Phi) is 3.04. The second-order valence-corrected chi connectivity index (χ2v) is 6.66. The molecule has 1 aliphatic heterocycles. The van der Waals surface area contributed by atoms with Crippen molar-refractivity contribution in [3.8, 4) is 0 Å². The van der Waals surface area contributed by atoms with Gasteiger partial charge < -0.3 is 14.9 Å². The average Bonchev–Trinajstić information content (AvgIpc) is 3.00. The van der Waals surface area contributed by atoms with Crippen LogP contribution >= 0.6 is 0 Å². The highest BCUT2D eigenvalue weighted by Crippen LogP contribution is 2.41. The van der Waals surface area contributed by atoms with Crippen LogP contribution in [-0.4, -0.2) is 29.0 Å². The molecule has 0 bridgehead atoms. The van der Waals surface area contributed by atoms with Gasteiger partial charge in [0.15, 0.2) is 0 Å². The average molecular weight is 318 g/mol. The van der Waals surface area contributed by atoms with Gasteiger partial charge in [0.2, 0.25) is 0 Å². The molecule has 120 valence electrons. The molecule has 2 N–H and O–H groups in total. The molecule has 24 heavy (non-hydrogen) atoms. The fourth-order valence-corrected chi connectivity index (χ4v) is 4.13. The first-order valence-corrected chi connectivity index (χ1v) is 8.37. The Morgan fingerprint density at radius 1 is 0.875 bits per heavy atom. The second-order valence-electron chi connectivity index (χ2n) is 6.66. The van der Waals surface area contributed by atoms with Gasteiger partial charge in [-0.25, -0.2) is 0 Å². The van der Waals surface area contributed by atoms with Gasteiger partial charge in [0.1, 0.15) is 6.10 Å². The second kappa shape index (κ2) is 5.15. The van der Waals surface area contributed by atoms with E-state index in [0.29, 0.717) is 6.42 Å². The molecule has 0 spiro atoms. The number of benzene rings is 4. The largest absolute Gasteiger partial charge is 0.394 e. The first-order valence-electron chi connectivity index (χ1n) is 8.37. The van der Waals surface area contributed by atoms with Crippen LogP contribution in [0.2, 0.25) is 0 Å². The number of aliphatic hydroxyl groups is 2. The lowest BCUT2D eigenvalue weighted by Gasteiger charge is -2.18. The van der Waals surface area contributed by atoms with Gasteiger partial charge in [-0.05, 0) is 37.9 Å². The summed E-state index contributed by atoms with van der Waals surface area (Å²) in [6.07, 6.45) is -0.760. The van der Waals surface area contributed by atoms with E-state index in [4.69, 9.17) is 4.74 Å². The third kappa shape index (κ3) is 1.89. The van der Waals surface area contributed by atoms with E-state index in [1.165, 1.54) is 32.3 Å². The predicted octanol–water partition coefficient (Wildman–Crippen LogP) is 3.77. The molecule has 0 amide bonds. The maximum atomic E-state index is 10.1. The molecule has 4 aromatic rings. The van der Waals surface area contributed by atoms with Crippen LogP contribution in [0.3, 0.4) is 0 Å². The van der Waals surface area contributed by atoms with Gasteiger partial charge in [0.25, 0.3) is 0 Å². The van der Waals surface area contributed by atoms with Crippen molar-refractivity contribution in [1.29, 1.82) is 0 Å². The van der Waals surface area contributed by atoms with E-state index in [2.05, 4.69) is 54.6 Å². The van der Waals surface area contributed by atoms with E-state index in [1.54, 1.807) is 0 Å². The summed E-state index contributed by atoms with van der Waals surface area (Å²) in [4.78, 5) is 0. The summed E-state index contributed by atoms with van der Waals surface area (Å²) >= 11 is 0. The summed E-state index contributed by atoms with van der Waals surface area (Å²) in [6, 6.07) is 19.2. The van der Waals surface area contributed by atoms with Crippen molar-refractivity contribution in [1.82, 2.24) is 0 Å². The molecule has 1 saturated heterocycles.